The largest absolute Gasteiger partial charge is 0.508 e. The van der Waals surface area contributed by atoms with Gasteiger partial charge in [0.25, 0.3) is 0 Å². The lowest BCUT2D eigenvalue weighted by molar-refractivity contribution is 0.475. The first-order valence-electron chi connectivity index (χ1n) is 6.01. The Labute approximate surface area is 119 Å². The molecule has 3 rings (SSSR count). The second kappa shape index (κ2) is 5.26. The zero-order valence-electron chi connectivity index (χ0n) is 10.7. The van der Waals surface area contributed by atoms with Crippen LogP contribution in [0.2, 0.25) is 0 Å². The van der Waals surface area contributed by atoms with E-state index in [0.717, 1.165) is 21.3 Å². The van der Waals surface area contributed by atoms with Crippen molar-refractivity contribution in [2.24, 2.45) is 5.10 Å². The number of aromatic hydroxyl groups is 1. The third-order valence-corrected chi connectivity index (χ3v) is 3.88. The molecule has 2 heterocycles. The van der Waals surface area contributed by atoms with Gasteiger partial charge < -0.3 is 5.11 Å². The van der Waals surface area contributed by atoms with Crippen molar-refractivity contribution in [3.8, 4) is 5.75 Å². The summed E-state index contributed by atoms with van der Waals surface area (Å²) in [7, 11) is 0. The summed E-state index contributed by atoms with van der Waals surface area (Å²) in [5.74, 6) is 0.900. The molecule has 0 aliphatic carbocycles. The number of nitrogens with zero attached hydrogens (tertiary/aromatic N) is 3. The van der Waals surface area contributed by atoms with Crippen molar-refractivity contribution in [1.29, 1.82) is 0 Å². The Kier molecular flexibility index (Phi) is 3.30. The van der Waals surface area contributed by atoms with Crippen LogP contribution in [0.3, 0.4) is 0 Å². The normalized spacial score (nSPS) is 11.2. The number of rotatable bonds is 3. The maximum Gasteiger partial charge on any atom is 0.167 e. The molecule has 20 heavy (non-hydrogen) atoms. The minimum atomic E-state index is 0.215. The molecule has 0 bridgehead atoms. The van der Waals surface area contributed by atoms with E-state index in [-0.39, 0.29) is 5.75 Å². The number of hydrogen-bond acceptors (Lipinski definition) is 6. The van der Waals surface area contributed by atoms with Crippen LogP contribution >= 0.6 is 11.3 Å². The molecule has 0 aliphatic rings. The third-order valence-electron chi connectivity index (χ3n) is 2.79. The molecule has 0 fully saturated rings. The summed E-state index contributed by atoms with van der Waals surface area (Å²) in [5.41, 5.74) is 5.80. The molecule has 2 aromatic heterocycles. The summed E-state index contributed by atoms with van der Waals surface area (Å²) < 4.78 is 0.984. The van der Waals surface area contributed by atoms with Gasteiger partial charge in [-0.15, -0.1) is 11.3 Å². The highest BCUT2D eigenvalue weighted by molar-refractivity contribution is 7.18. The average molecular weight is 284 g/mol. The fraction of sp³-hybridized carbons (Fsp3) is 0.0714. The summed E-state index contributed by atoms with van der Waals surface area (Å²) in [6, 6.07) is 6.88. The minimum Gasteiger partial charge on any atom is -0.508 e. The van der Waals surface area contributed by atoms with Crippen LogP contribution in [0.25, 0.3) is 10.2 Å². The predicted molar refractivity (Wildman–Crippen MR) is 81.5 cm³/mol. The lowest BCUT2D eigenvalue weighted by Gasteiger charge is -2.00. The van der Waals surface area contributed by atoms with Crippen LogP contribution in [0.5, 0.6) is 5.75 Å². The maximum absolute atomic E-state index is 9.37. The zero-order valence-corrected chi connectivity index (χ0v) is 11.6. The highest BCUT2D eigenvalue weighted by atomic mass is 32.1. The van der Waals surface area contributed by atoms with E-state index in [1.807, 2.05) is 18.4 Å². The predicted octanol–water partition coefficient (Wildman–Crippen LogP) is 3.15. The number of nitrogens with one attached hydrogen (secondary N) is 1. The highest BCUT2D eigenvalue weighted by Crippen LogP contribution is 2.28. The van der Waals surface area contributed by atoms with E-state index in [4.69, 9.17) is 0 Å². The van der Waals surface area contributed by atoms with E-state index in [2.05, 4.69) is 20.5 Å². The highest BCUT2D eigenvalue weighted by Gasteiger charge is 2.06. The first-order chi connectivity index (χ1) is 9.74. The molecular formula is C14H12N4OS. The second-order valence-corrected chi connectivity index (χ2v) is 5.16. The van der Waals surface area contributed by atoms with Gasteiger partial charge in [0.2, 0.25) is 0 Å². The molecule has 100 valence electrons. The van der Waals surface area contributed by atoms with Crippen LogP contribution in [-0.4, -0.2) is 21.3 Å². The number of aromatic nitrogens is 2. The van der Waals surface area contributed by atoms with Crippen LogP contribution < -0.4 is 5.43 Å². The van der Waals surface area contributed by atoms with Gasteiger partial charge in [0, 0.05) is 0 Å². The number of phenols is 1. The third kappa shape index (κ3) is 2.46. The molecule has 0 spiro atoms. The lowest BCUT2D eigenvalue weighted by Crippen LogP contribution is -1.94. The van der Waals surface area contributed by atoms with Gasteiger partial charge >= 0.3 is 0 Å². The number of aryl methyl sites for hydroxylation is 1. The number of benzene rings is 1. The van der Waals surface area contributed by atoms with E-state index < -0.39 is 0 Å². The van der Waals surface area contributed by atoms with Crippen molar-refractivity contribution in [1.82, 2.24) is 9.97 Å². The quantitative estimate of drug-likeness (QED) is 0.572. The van der Waals surface area contributed by atoms with E-state index in [1.165, 1.54) is 6.33 Å². The van der Waals surface area contributed by atoms with E-state index >= 15 is 0 Å². The lowest BCUT2D eigenvalue weighted by atomic mass is 10.2. The molecule has 5 nitrogen and oxygen atoms in total. The van der Waals surface area contributed by atoms with Gasteiger partial charge in [-0.25, -0.2) is 9.97 Å². The van der Waals surface area contributed by atoms with Gasteiger partial charge in [-0.2, -0.15) is 5.10 Å². The van der Waals surface area contributed by atoms with Crippen molar-refractivity contribution in [2.75, 3.05) is 5.43 Å². The van der Waals surface area contributed by atoms with Gasteiger partial charge in [0.05, 0.1) is 16.4 Å². The summed E-state index contributed by atoms with van der Waals surface area (Å²) >= 11 is 1.59. The van der Waals surface area contributed by atoms with Gasteiger partial charge in [-0.3, -0.25) is 5.43 Å². The zero-order chi connectivity index (χ0) is 13.9. The Morgan fingerprint density at radius 1 is 1.35 bits per heavy atom. The Morgan fingerprint density at radius 3 is 3.10 bits per heavy atom. The van der Waals surface area contributed by atoms with Crippen molar-refractivity contribution >= 4 is 33.6 Å². The summed E-state index contributed by atoms with van der Waals surface area (Å²) in [4.78, 5) is 8.45. The minimum absolute atomic E-state index is 0.215. The summed E-state index contributed by atoms with van der Waals surface area (Å²) in [6.07, 6.45) is 3.16. The summed E-state index contributed by atoms with van der Waals surface area (Å²) in [6.45, 7) is 2.02. The van der Waals surface area contributed by atoms with E-state index in [0.29, 0.717) is 5.82 Å². The van der Waals surface area contributed by atoms with E-state index in [9.17, 15) is 5.11 Å². The van der Waals surface area contributed by atoms with Crippen molar-refractivity contribution in [3.63, 3.8) is 0 Å². The molecule has 0 saturated carbocycles. The molecule has 0 saturated heterocycles. The number of phenolic OH excluding ortho intramolecular Hbond substituents is 1. The maximum atomic E-state index is 9.37. The molecular weight excluding hydrogens is 272 g/mol. The SMILES string of the molecule is Cc1csc2c(N/N=C/c3cccc(O)c3)ncnc12. The second-order valence-electron chi connectivity index (χ2n) is 4.28. The number of thiophene rings is 1. The standard InChI is InChI=1S/C14H12N4OS/c1-9-7-20-13-12(9)15-8-16-14(13)18-17-6-10-3-2-4-11(19)5-10/h2-8,19H,1H3,(H,15,16,18)/b17-6+. The number of fused-ring (bicyclic) bond motifs is 1. The van der Waals surface area contributed by atoms with Crippen molar-refractivity contribution in [3.05, 3.63) is 47.1 Å². The number of hydrazone groups is 1. The van der Waals surface area contributed by atoms with Crippen molar-refractivity contribution < 1.29 is 5.11 Å². The van der Waals surface area contributed by atoms with Crippen LogP contribution in [0, 0.1) is 6.92 Å². The van der Waals surface area contributed by atoms with Crippen LogP contribution in [0.15, 0.2) is 41.1 Å². The topological polar surface area (TPSA) is 70.4 Å². The molecule has 0 atom stereocenters. The van der Waals surface area contributed by atoms with Crippen LogP contribution in [-0.2, 0) is 0 Å². The molecule has 2 N–H and O–H groups in total. The van der Waals surface area contributed by atoms with Crippen LogP contribution in [0.4, 0.5) is 5.82 Å². The number of hydrogen-bond donors (Lipinski definition) is 2. The molecule has 3 aromatic rings. The van der Waals surface area contributed by atoms with E-state index in [1.54, 1.807) is 35.8 Å². The Morgan fingerprint density at radius 2 is 2.25 bits per heavy atom. The Balaban J connectivity index is 1.83. The molecule has 6 heteroatoms. The average Bonchev–Trinajstić information content (AvgIpc) is 2.82. The molecule has 0 unspecified atom stereocenters. The molecule has 1 aromatic carbocycles. The first kappa shape index (κ1) is 12.6. The van der Waals surface area contributed by atoms with Gasteiger partial charge in [-0.1, -0.05) is 12.1 Å². The fourth-order valence-electron chi connectivity index (χ4n) is 1.82. The van der Waals surface area contributed by atoms with Gasteiger partial charge in [-0.05, 0) is 35.6 Å². The van der Waals surface area contributed by atoms with Crippen molar-refractivity contribution in [2.45, 2.75) is 6.92 Å². The summed E-state index contributed by atoms with van der Waals surface area (Å²) in [5, 5.41) is 15.6. The molecule has 0 aliphatic heterocycles. The smallest absolute Gasteiger partial charge is 0.167 e. The first-order valence-corrected chi connectivity index (χ1v) is 6.89. The molecule has 0 amide bonds. The Bertz CT molecular complexity index is 782. The molecule has 0 radical (unpaired) electrons. The van der Waals surface area contributed by atoms with Crippen LogP contribution in [0.1, 0.15) is 11.1 Å². The monoisotopic (exact) mass is 284 g/mol. The van der Waals surface area contributed by atoms with Gasteiger partial charge in [0.1, 0.15) is 12.1 Å². The number of anilines is 1. The fourth-order valence-corrected chi connectivity index (χ4v) is 2.76. The Hall–Kier alpha value is -2.47. The van der Waals surface area contributed by atoms with Gasteiger partial charge in [0.15, 0.2) is 5.82 Å².